The van der Waals surface area contributed by atoms with Crippen LogP contribution in [0.15, 0.2) is 218 Å². The van der Waals surface area contributed by atoms with E-state index in [0.717, 1.165) is 51.2 Å². The molecule has 5 heteroatoms. The van der Waals surface area contributed by atoms with E-state index in [4.69, 9.17) is 15.0 Å². The summed E-state index contributed by atoms with van der Waals surface area (Å²) in [6, 6.07) is 75.2. The molecule has 0 spiro atoms. The van der Waals surface area contributed by atoms with E-state index in [1.54, 1.807) is 6.33 Å². The van der Waals surface area contributed by atoms with Crippen LogP contribution >= 0.6 is 0 Å². The number of aromatic nitrogens is 2. The van der Waals surface area contributed by atoms with Crippen LogP contribution < -0.4 is 9.80 Å². The zero-order valence-electron chi connectivity index (χ0n) is 36.9. The van der Waals surface area contributed by atoms with Crippen LogP contribution in [0.3, 0.4) is 0 Å². The largest absolute Gasteiger partial charge is 0.310 e. The molecule has 0 saturated heterocycles. The van der Waals surface area contributed by atoms with Gasteiger partial charge in [0.2, 0.25) is 0 Å². The second kappa shape index (κ2) is 14.6. The molecule has 0 radical (unpaired) electrons. The zero-order valence-corrected chi connectivity index (χ0v) is 36.9. The highest BCUT2D eigenvalue weighted by Gasteiger charge is 2.48. The predicted molar refractivity (Wildman–Crippen MR) is 266 cm³/mol. The SMILES string of the molecule is CC1(C)N=C(c2ccc(N(c3ccc(-c4ccccc4)cc3)c3ccc4c(c3)C(c3ccccc3)(c3ccccc3)c3ccccc3-4)cc2)N2c3ccccc3C(C)(C)c3ncnc1c32. The van der Waals surface area contributed by atoms with Crippen LogP contribution in [0, 0.1) is 0 Å². The maximum Gasteiger partial charge on any atom is 0.141 e. The Labute approximate surface area is 381 Å². The van der Waals surface area contributed by atoms with Crippen LogP contribution in [0.1, 0.15) is 72.5 Å². The van der Waals surface area contributed by atoms with Gasteiger partial charge >= 0.3 is 0 Å². The van der Waals surface area contributed by atoms with Crippen molar-refractivity contribution in [3.8, 4) is 22.3 Å². The Morgan fingerprint density at radius 3 is 1.60 bits per heavy atom. The zero-order chi connectivity index (χ0) is 43.9. The molecule has 8 aromatic carbocycles. The number of fused-ring (bicyclic) bond motifs is 5. The molecule has 0 bridgehead atoms. The first kappa shape index (κ1) is 38.8. The number of hydrogen-bond acceptors (Lipinski definition) is 5. The third-order valence-electron chi connectivity index (χ3n) is 13.9. The minimum absolute atomic E-state index is 0.311. The highest BCUT2D eigenvalue weighted by Crippen LogP contribution is 2.58. The summed E-state index contributed by atoms with van der Waals surface area (Å²) < 4.78 is 0. The molecule has 1 aromatic heterocycles. The Morgan fingerprint density at radius 1 is 0.431 bits per heavy atom. The Kier molecular flexibility index (Phi) is 8.69. The molecule has 1 aliphatic carbocycles. The number of benzene rings is 8. The average Bonchev–Trinajstić information content (AvgIpc) is 3.65. The lowest BCUT2D eigenvalue weighted by Gasteiger charge is -2.46. The molecule has 0 N–H and O–H groups in total. The number of nitrogens with zero attached hydrogens (tertiary/aromatic N) is 5. The van der Waals surface area contributed by atoms with Crippen molar-refractivity contribution in [1.82, 2.24) is 9.97 Å². The fraction of sp³-hybridized carbons (Fsp3) is 0.117. The van der Waals surface area contributed by atoms with Gasteiger partial charge in [-0.15, -0.1) is 0 Å². The van der Waals surface area contributed by atoms with Gasteiger partial charge in [0.25, 0.3) is 0 Å². The Balaban J connectivity index is 1.04. The van der Waals surface area contributed by atoms with E-state index in [1.165, 1.54) is 50.1 Å². The van der Waals surface area contributed by atoms with Gasteiger partial charge in [0.1, 0.15) is 17.7 Å². The van der Waals surface area contributed by atoms with E-state index in [9.17, 15) is 0 Å². The van der Waals surface area contributed by atoms with Crippen molar-refractivity contribution in [2.45, 2.75) is 44.1 Å². The molecule has 312 valence electrons. The number of amidine groups is 1. The first-order valence-electron chi connectivity index (χ1n) is 22.5. The quantitative estimate of drug-likeness (QED) is 0.160. The van der Waals surface area contributed by atoms with Crippen LogP contribution in [0.2, 0.25) is 0 Å². The summed E-state index contributed by atoms with van der Waals surface area (Å²) >= 11 is 0. The summed E-state index contributed by atoms with van der Waals surface area (Å²) in [6.07, 6.45) is 1.71. The lowest BCUT2D eigenvalue weighted by Crippen LogP contribution is -2.44. The molecular weight excluding hydrogens is 791 g/mol. The number of para-hydroxylation sites is 1. The highest BCUT2D eigenvalue weighted by molar-refractivity contribution is 6.17. The van der Waals surface area contributed by atoms with E-state index < -0.39 is 11.0 Å². The van der Waals surface area contributed by atoms with Crippen molar-refractivity contribution in [2.24, 2.45) is 4.99 Å². The van der Waals surface area contributed by atoms with Gasteiger partial charge in [0.15, 0.2) is 0 Å². The first-order chi connectivity index (χ1) is 31.7. The standard InChI is InChI=1S/C60H47N5/c1-58(2)51-26-16-17-27-53(51)65-54-55(58)61-39-62-56(54)59(3,4)63-57(65)42-30-34-46(35-31-42)64(45-32-28-41(29-33-45)40-18-8-5-9-19-40)47-36-37-49-48-24-14-15-25-50(48)60(52(49)38-47,43-20-10-6-11-21-43)44-22-12-7-13-23-44/h5-39H,1-4H3. The lowest BCUT2D eigenvalue weighted by molar-refractivity contribution is 0.516. The first-order valence-corrected chi connectivity index (χ1v) is 22.5. The van der Waals surface area contributed by atoms with E-state index >= 15 is 0 Å². The molecule has 9 aromatic rings. The molecule has 0 atom stereocenters. The third-order valence-corrected chi connectivity index (χ3v) is 13.9. The minimum atomic E-state index is -0.571. The molecule has 3 heterocycles. The number of hydrogen-bond donors (Lipinski definition) is 0. The van der Waals surface area contributed by atoms with Crippen molar-refractivity contribution >= 4 is 34.3 Å². The molecule has 65 heavy (non-hydrogen) atoms. The summed E-state index contributed by atoms with van der Waals surface area (Å²) in [5.41, 5.74) is 18.0. The number of rotatable bonds is 7. The predicted octanol–water partition coefficient (Wildman–Crippen LogP) is 14.4. The second-order valence-corrected chi connectivity index (χ2v) is 18.4. The van der Waals surface area contributed by atoms with Crippen LogP contribution in [-0.2, 0) is 16.4 Å². The maximum absolute atomic E-state index is 5.50. The summed E-state index contributed by atoms with van der Waals surface area (Å²) in [5.74, 6) is 0.887. The highest BCUT2D eigenvalue weighted by atomic mass is 15.3. The summed E-state index contributed by atoms with van der Waals surface area (Å²) in [7, 11) is 0. The normalized spacial score (nSPS) is 15.5. The second-order valence-electron chi connectivity index (χ2n) is 18.4. The molecule has 12 rings (SSSR count). The van der Waals surface area contributed by atoms with Gasteiger partial charge in [-0.2, -0.15) is 0 Å². The fourth-order valence-electron chi connectivity index (χ4n) is 10.9. The van der Waals surface area contributed by atoms with E-state index in [1.807, 2.05) is 0 Å². The summed E-state index contributed by atoms with van der Waals surface area (Å²) in [5, 5.41) is 0. The lowest BCUT2D eigenvalue weighted by atomic mass is 9.67. The van der Waals surface area contributed by atoms with Crippen LogP contribution in [0.25, 0.3) is 22.3 Å². The van der Waals surface area contributed by atoms with Gasteiger partial charge in [-0.05, 0) is 132 Å². The topological polar surface area (TPSA) is 44.6 Å². The van der Waals surface area contributed by atoms with Crippen molar-refractivity contribution < 1.29 is 0 Å². The maximum atomic E-state index is 5.50. The smallest absolute Gasteiger partial charge is 0.141 e. The van der Waals surface area contributed by atoms with E-state index in [0.29, 0.717) is 0 Å². The Morgan fingerprint density at radius 2 is 0.938 bits per heavy atom. The summed E-state index contributed by atoms with van der Waals surface area (Å²) in [4.78, 5) is 20.0. The van der Waals surface area contributed by atoms with Gasteiger partial charge in [0.05, 0.1) is 28.2 Å². The van der Waals surface area contributed by atoms with E-state index in [-0.39, 0.29) is 5.41 Å². The molecule has 3 aliphatic rings. The molecule has 2 aliphatic heterocycles. The van der Waals surface area contributed by atoms with Gasteiger partial charge in [-0.3, -0.25) is 9.89 Å². The number of anilines is 5. The fourth-order valence-corrected chi connectivity index (χ4v) is 10.9. The van der Waals surface area contributed by atoms with E-state index in [2.05, 4.69) is 244 Å². The van der Waals surface area contributed by atoms with Gasteiger partial charge in [-0.25, -0.2) is 9.97 Å². The van der Waals surface area contributed by atoms with Crippen molar-refractivity contribution in [1.29, 1.82) is 0 Å². The minimum Gasteiger partial charge on any atom is -0.310 e. The molecule has 0 amide bonds. The van der Waals surface area contributed by atoms with Crippen LogP contribution in [-0.4, -0.2) is 15.8 Å². The molecular formula is C60H47N5. The molecule has 0 unspecified atom stereocenters. The van der Waals surface area contributed by atoms with Crippen LogP contribution in [0.5, 0.6) is 0 Å². The molecule has 5 nitrogen and oxygen atoms in total. The molecule has 0 fully saturated rings. The Hall–Kier alpha value is -7.89. The Bertz CT molecular complexity index is 3260. The summed E-state index contributed by atoms with van der Waals surface area (Å²) in [6.45, 7) is 8.85. The monoisotopic (exact) mass is 837 g/mol. The average molecular weight is 838 g/mol. The number of aliphatic imine (C=N–C) groups is 1. The van der Waals surface area contributed by atoms with Gasteiger partial charge in [0, 0.05) is 28.0 Å². The van der Waals surface area contributed by atoms with Crippen LogP contribution in [0.4, 0.5) is 28.4 Å². The van der Waals surface area contributed by atoms with Crippen molar-refractivity contribution in [3.63, 3.8) is 0 Å². The van der Waals surface area contributed by atoms with Gasteiger partial charge in [-0.1, -0.05) is 152 Å². The molecule has 0 saturated carbocycles. The van der Waals surface area contributed by atoms with Gasteiger partial charge < -0.3 is 4.90 Å². The van der Waals surface area contributed by atoms with Crippen molar-refractivity contribution in [2.75, 3.05) is 9.80 Å². The van der Waals surface area contributed by atoms with Crippen molar-refractivity contribution in [3.05, 3.63) is 257 Å². The third kappa shape index (κ3) is 5.81.